The third-order valence-electron chi connectivity index (χ3n) is 6.66. The number of carboxylic acid groups (broad SMARTS) is 1. The molecular formula is C26H29FO5. The van der Waals surface area contributed by atoms with Gasteiger partial charge in [-0.05, 0) is 42.0 Å². The molecule has 1 saturated heterocycles. The number of carbonyl (C=O) groups is 1. The summed E-state index contributed by atoms with van der Waals surface area (Å²) in [7, 11) is 0. The molecule has 2 bridgehead atoms. The highest BCUT2D eigenvalue weighted by Gasteiger charge is 2.59. The molecule has 1 heterocycles. The van der Waals surface area contributed by atoms with Gasteiger partial charge < -0.3 is 19.3 Å². The Morgan fingerprint density at radius 3 is 2.66 bits per heavy atom. The van der Waals surface area contributed by atoms with Crippen LogP contribution in [0.15, 0.2) is 66.7 Å². The summed E-state index contributed by atoms with van der Waals surface area (Å²) < 4.78 is 31.0. The summed E-state index contributed by atoms with van der Waals surface area (Å²) in [6.45, 7) is 1.72. The Kier molecular flexibility index (Phi) is 7.35. The lowest BCUT2D eigenvalue weighted by Gasteiger charge is -2.39. The fourth-order valence-electron chi connectivity index (χ4n) is 5.17. The van der Waals surface area contributed by atoms with Gasteiger partial charge in [-0.15, -0.1) is 0 Å². The van der Waals surface area contributed by atoms with E-state index in [4.69, 9.17) is 19.3 Å². The number of ether oxygens (including phenoxy) is 3. The van der Waals surface area contributed by atoms with E-state index in [-0.39, 0.29) is 42.4 Å². The second kappa shape index (κ2) is 10.4. The Hall–Kier alpha value is -2.54. The molecule has 0 unspecified atom stereocenters. The first kappa shape index (κ1) is 22.6. The minimum Gasteiger partial charge on any atom is -0.480 e. The van der Waals surface area contributed by atoms with Crippen LogP contribution in [0.25, 0.3) is 0 Å². The van der Waals surface area contributed by atoms with Crippen molar-refractivity contribution in [3.63, 3.8) is 0 Å². The van der Waals surface area contributed by atoms with Crippen LogP contribution < -0.4 is 0 Å². The molecule has 1 aliphatic carbocycles. The first-order valence-corrected chi connectivity index (χ1v) is 11.0. The van der Waals surface area contributed by atoms with E-state index in [1.165, 1.54) is 12.1 Å². The Labute approximate surface area is 187 Å². The van der Waals surface area contributed by atoms with Crippen molar-refractivity contribution >= 4 is 5.97 Å². The fraction of sp³-hybridized carbons (Fsp3) is 0.423. The van der Waals surface area contributed by atoms with Crippen molar-refractivity contribution in [2.75, 3.05) is 26.4 Å². The predicted octanol–water partition coefficient (Wildman–Crippen LogP) is 4.36. The van der Waals surface area contributed by atoms with Crippen LogP contribution in [0.5, 0.6) is 0 Å². The molecule has 0 spiro atoms. The average molecular weight is 441 g/mol. The summed E-state index contributed by atoms with van der Waals surface area (Å²) >= 11 is 0. The minimum atomic E-state index is -0.977. The maximum Gasteiger partial charge on any atom is 0.329 e. The van der Waals surface area contributed by atoms with Crippen LogP contribution in [0.4, 0.5) is 4.39 Å². The van der Waals surface area contributed by atoms with E-state index in [1.807, 2.05) is 36.4 Å². The van der Waals surface area contributed by atoms with E-state index in [9.17, 15) is 9.18 Å². The van der Waals surface area contributed by atoms with E-state index in [0.29, 0.717) is 19.8 Å². The third kappa shape index (κ3) is 5.09. The maximum atomic E-state index is 13.6. The number of carboxylic acids is 1. The van der Waals surface area contributed by atoms with Gasteiger partial charge in [0.15, 0.2) is 0 Å². The molecular weight excluding hydrogens is 411 g/mol. The standard InChI is InChI=1S/C26H29FO5/c27-21-11-9-20(10-12-21)26-14-24(32-18-26)22(16-31-15-19-6-2-1-3-7-19)23(26)8-4-5-13-30-17-25(28)29/h1-7,9-12,22-24H,8,13-18H2,(H,28,29)/b5-4-/t22-,23-,24-,26-/m0/s1. The van der Waals surface area contributed by atoms with E-state index in [1.54, 1.807) is 0 Å². The van der Waals surface area contributed by atoms with Gasteiger partial charge in [0.25, 0.3) is 0 Å². The Morgan fingerprint density at radius 2 is 1.91 bits per heavy atom. The lowest BCUT2D eigenvalue weighted by Crippen LogP contribution is -2.41. The molecule has 0 aromatic heterocycles. The highest BCUT2D eigenvalue weighted by molar-refractivity contribution is 5.68. The van der Waals surface area contributed by atoms with Crippen molar-refractivity contribution in [2.24, 2.45) is 11.8 Å². The summed E-state index contributed by atoms with van der Waals surface area (Å²) in [6.07, 6.45) is 5.73. The van der Waals surface area contributed by atoms with Crippen molar-refractivity contribution in [2.45, 2.75) is 31.0 Å². The summed E-state index contributed by atoms with van der Waals surface area (Å²) in [5, 5.41) is 8.69. The van der Waals surface area contributed by atoms with E-state index in [0.717, 1.165) is 24.0 Å². The van der Waals surface area contributed by atoms with Gasteiger partial charge in [0.1, 0.15) is 12.4 Å². The van der Waals surface area contributed by atoms with Crippen molar-refractivity contribution in [1.82, 2.24) is 0 Å². The molecule has 2 aromatic carbocycles. The van der Waals surface area contributed by atoms with Gasteiger partial charge in [-0.25, -0.2) is 9.18 Å². The smallest absolute Gasteiger partial charge is 0.329 e. The number of hydrogen-bond donors (Lipinski definition) is 1. The number of aliphatic carboxylic acids is 1. The van der Waals surface area contributed by atoms with Gasteiger partial charge >= 0.3 is 5.97 Å². The highest BCUT2D eigenvalue weighted by atomic mass is 19.1. The fourth-order valence-corrected chi connectivity index (χ4v) is 5.17. The molecule has 0 radical (unpaired) electrons. The van der Waals surface area contributed by atoms with Crippen LogP contribution in [-0.2, 0) is 31.0 Å². The summed E-state index contributed by atoms with van der Waals surface area (Å²) in [5.74, 6) is -0.719. The van der Waals surface area contributed by atoms with Crippen LogP contribution >= 0.6 is 0 Å². The van der Waals surface area contributed by atoms with Gasteiger partial charge in [0, 0.05) is 11.3 Å². The number of halogens is 1. The van der Waals surface area contributed by atoms with Crippen LogP contribution in [0.2, 0.25) is 0 Å². The molecule has 6 heteroatoms. The number of benzene rings is 2. The molecule has 2 fully saturated rings. The van der Waals surface area contributed by atoms with Gasteiger partial charge in [0.05, 0.1) is 32.5 Å². The van der Waals surface area contributed by atoms with Crippen molar-refractivity contribution in [3.8, 4) is 0 Å². The molecule has 1 aliphatic heterocycles. The van der Waals surface area contributed by atoms with E-state index in [2.05, 4.69) is 18.2 Å². The molecule has 1 N–H and O–H groups in total. The van der Waals surface area contributed by atoms with Gasteiger partial charge in [0.2, 0.25) is 0 Å². The zero-order valence-corrected chi connectivity index (χ0v) is 18.0. The molecule has 32 heavy (non-hydrogen) atoms. The largest absolute Gasteiger partial charge is 0.480 e. The summed E-state index contributed by atoms with van der Waals surface area (Å²) in [4.78, 5) is 10.6. The maximum absolute atomic E-state index is 13.6. The molecule has 2 aliphatic rings. The monoisotopic (exact) mass is 440 g/mol. The van der Waals surface area contributed by atoms with Crippen LogP contribution in [0.1, 0.15) is 24.0 Å². The number of fused-ring (bicyclic) bond motifs is 2. The van der Waals surface area contributed by atoms with Crippen LogP contribution in [0, 0.1) is 17.7 Å². The Morgan fingerprint density at radius 1 is 1.12 bits per heavy atom. The van der Waals surface area contributed by atoms with Crippen molar-refractivity contribution in [1.29, 1.82) is 0 Å². The number of rotatable bonds is 11. The van der Waals surface area contributed by atoms with Crippen LogP contribution in [-0.4, -0.2) is 43.6 Å². The molecule has 1 saturated carbocycles. The lowest BCUT2D eigenvalue weighted by molar-refractivity contribution is -0.141. The van der Waals surface area contributed by atoms with Gasteiger partial charge in [-0.3, -0.25) is 0 Å². The topological polar surface area (TPSA) is 65.0 Å². The molecule has 4 atom stereocenters. The SMILES string of the molecule is O=C(O)COC/C=C\C[C@H]1[C@H](COCc2ccccc2)[C@@H]2C[C@@]1(c1ccc(F)cc1)CO2. The molecule has 0 amide bonds. The molecule has 5 nitrogen and oxygen atoms in total. The Bertz CT molecular complexity index is 914. The normalized spacial score (nSPS) is 26.7. The van der Waals surface area contributed by atoms with Crippen molar-refractivity contribution in [3.05, 3.63) is 83.7 Å². The van der Waals surface area contributed by atoms with E-state index >= 15 is 0 Å². The minimum absolute atomic E-state index is 0.109. The third-order valence-corrected chi connectivity index (χ3v) is 6.66. The first-order chi connectivity index (χ1) is 15.6. The van der Waals surface area contributed by atoms with Gasteiger partial charge in [-0.2, -0.15) is 0 Å². The lowest BCUT2D eigenvalue weighted by atomic mass is 9.69. The molecule has 4 rings (SSSR count). The highest BCUT2D eigenvalue weighted by Crippen LogP contribution is 2.56. The average Bonchev–Trinajstić information content (AvgIpc) is 3.35. The second-order valence-corrected chi connectivity index (χ2v) is 8.60. The zero-order chi connectivity index (χ0) is 22.4. The summed E-state index contributed by atoms with van der Waals surface area (Å²) in [5.41, 5.74) is 2.06. The molecule has 170 valence electrons. The second-order valence-electron chi connectivity index (χ2n) is 8.60. The predicted molar refractivity (Wildman–Crippen MR) is 118 cm³/mol. The number of allylic oxidation sites excluding steroid dienone is 1. The Balaban J connectivity index is 1.46. The zero-order valence-electron chi connectivity index (χ0n) is 18.0. The molecule has 2 aromatic rings. The van der Waals surface area contributed by atoms with Crippen LogP contribution in [0.3, 0.4) is 0 Å². The quantitative estimate of drug-likeness (QED) is 0.415. The van der Waals surface area contributed by atoms with E-state index < -0.39 is 5.97 Å². The summed E-state index contributed by atoms with van der Waals surface area (Å²) in [6, 6.07) is 16.9. The van der Waals surface area contributed by atoms with Crippen molar-refractivity contribution < 1.29 is 28.5 Å². The van der Waals surface area contributed by atoms with Gasteiger partial charge in [-0.1, -0.05) is 54.6 Å². The number of hydrogen-bond acceptors (Lipinski definition) is 4. The first-order valence-electron chi connectivity index (χ1n) is 11.0.